The fourth-order valence-electron chi connectivity index (χ4n) is 2.84. The molecule has 25 heavy (non-hydrogen) atoms. The number of fused-ring (bicyclic) bond motifs is 1. The van der Waals surface area contributed by atoms with E-state index >= 15 is 0 Å². The third-order valence-electron chi connectivity index (χ3n) is 3.98. The maximum atomic E-state index is 12.4. The fraction of sp³-hybridized carbons (Fsp3) is 0.111. The standard InChI is InChI=1S/C18H13N5OS/c1-22-16(21-14-8-5-9-20-17(14)22)13(10-19)18-23(15(24)11-25-18)12-6-3-2-4-7-12/h2-9H,11H2,1H3/b18-13+. The van der Waals surface area contributed by atoms with E-state index in [-0.39, 0.29) is 5.91 Å². The van der Waals surface area contributed by atoms with E-state index in [1.807, 2.05) is 49.5 Å². The number of carbonyl (C=O) groups excluding carboxylic acids is 1. The first-order valence-electron chi connectivity index (χ1n) is 7.63. The van der Waals surface area contributed by atoms with Crippen molar-refractivity contribution in [2.24, 2.45) is 7.05 Å². The van der Waals surface area contributed by atoms with Crippen molar-refractivity contribution in [1.82, 2.24) is 14.5 Å². The number of aromatic nitrogens is 3. The van der Waals surface area contributed by atoms with Gasteiger partial charge in [-0.15, -0.1) is 0 Å². The van der Waals surface area contributed by atoms with E-state index in [0.29, 0.717) is 33.3 Å². The number of benzene rings is 1. The van der Waals surface area contributed by atoms with Crippen LogP contribution in [-0.2, 0) is 11.8 Å². The van der Waals surface area contributed by atoms with Crippen LogP contribution in [0.4, 0.5) is 5.69 Å². The number of hydrogen-bond acceptors (Lipinski definition) is 5. The molecular formula is C18H13N5OS. The second-order valence-corrected chi connectivity index (χ2v) is 6.45. The highest BCUT2D eigenvalue weighted by molar-refractivity contribution is 8.04. The van der Waals surface area contributed by atoms with Gasteiger partial charge in [0, 0.05) is 18.9 Å². The Morgan fingerprint density at radius 2 is 2.04 bits per heavy atom. The smallest absolute Gasteiger partial charge is 0.242 e. The molecule has 0 spiro atoms. The molecule has 1 amide bonds. The fourth-order valence-corrected chi connectivity index (χ4v) is 3.84. The van der Waals surface area contributed by atoms with Crippen molar-refractivity contribution in [3.05, 3.63) is 59.5 Å². The number of pyridine rings is 1. The molecule has 1 fully saturated rings. The zero-order valence-corrected chi connectivity index (χ0v) is 14.2. The van der Waals surface area contributed by atoms with Gasteiger partial charge >= 0.3 is 0 Å². The maximum Gasteiger partial charge on any atom is 0.242 e. The summed E-state index contributed by atoms with van der Waals surface area (Å²) in [7, 11) is 1.82. The summed E-state index contributed by atoms with van der Waals surface area (Å²) in [5.41, 5.74) is 2.54. The van der Waals surface area contributed by atoms with Gasteiger partial charge in [0.15, 0.2) is 11.5 Å². The van der Waals surface area contributed by atoms with E-state index in [4.69, 9.17) is 0 Å². The molecular weight excluding hydrogens is 334 g/mol. The number of thioether (sulfide) groups is 1. The second-order valence-electron chi connectivity index (χ2n) is 5.49. The normalized spacial score (nSPS) is 16.3. The summed E-state index contributed by atoms with van der Waals surface area (Å²) in [6, 6.07) is 15.2. The molecule has 6 nitrogen and oxygen atoms in total. The van der Waals surface area contributed by atoms with E-state index in [1.54, 1.807) is 15.7 Å². The number of anilines is 1. The minimum absolute atomic E-state index is 0.0455. The second kappa shape index (κ2) is 6.07. The third-order valence-corrected chi connectivity index (χ3v) is 5.03. The molecule has 0 aliphatic carbocycles. The Kier molecular flexibility index (Phi) is 3.75. The van der Waals surface area contributed by atoms with Gasteiger partial charge < -0.3 is 4.57 Å². The summed E-state index contributed by atoms with van der Waals surface area (Å²) >= 11 is 1.36. The van der Waals surface area contributed by atoms with Crippen LogP contribution < -0.4 is 4.90 Å². The number of aryl methyl sites for hydroxylation is 1. The van der Waals surface area contributed by atoms with Gasteiger partial charge in [0.1, 0.15) is 22.2 Å². The summed E-state index contributed by atoms with van der Waals surface area (Å²) in [5, 5.41) is 10.4. The zero-order chi connectivity index (χ0) is 17.4. The van der Waals surface area contributed by atoms with Gasteiger partial charge in [0.25, 0.3) is 0 Å². The Balaban J connectivity index is 1.93. The van der Waals surface area contributed by atoms with Gasteiger partial charge in [-0.1, -0.05) is 30.0 Å². The molecule has 0 atom stereocenters. The number of rotatable bonds is 2. The highest BCUT2D eigenvalue weighted by Crippen LogP contribution is 2.38. The molecule has 0 saturated carbocycles. The third kappa shape index (κ3) is 2.47. The van der Waals surface area contributed by atoms with Gasteiger partial charge in [0.2, 0.25) is 5.91 Å². The first kappa shape index (κ1) is 15.4. The minimum atomic E-state index is -0.0455. The average Bonchev–Trinajstić information content (AvgIpc) is 3.18. The van der Waals surface area contributed by atoms with Crippen molar-refractivity contribution in [2.75, 3.05) is 10.7 Å². The number of amides is 1. The van der Waals surface area contributed by atoms with E-state index in [2.05, 4.69) is 16.0 Å². The monoisotopic (exact) mass is 347 g/mol. The molecule has 7 heteroatoms. The predicted octanol–water partition coefficient (Wildman–Crippen LogP) is 2.94. The number of nitrogens with zero attached hydrogens (tertiary/aromatic N) is 5. The van der Waals surface area contributed by atoms with E-state index in [0.717, 1.165) is 5.69 Å². The lowest BCUT2D eigenvalue weighted by Gasteiger charge is -2.18. The number of imidazole rings is 1. The molecule has 122 valence electrons. The van der Waals surface area contributed by atoms with Crippen molar-refractivity contribution < 1.29 is 4.79 Å². The highest BCUT2D eigenvalue weighted by Gasteiger charge is 2.32. The van der Waals surface area contributed by atoms with Crippen LogP contribution in [0, 0.1) is 11.3 Å². The summed E-state index contributed by atoms with van der Waals surface area (Å²) in [6.07, 6.45) is 1.69. The van der Waals surface area contributed by atoms with Gasteiger partial charge in [-0.05, 0) is 24.3 Å². The first-order valence-corrected chi connectivity index (χ1v) is 8.62. The molecule has 1 saturated heterocycles. The molecule has 0 unspecified atom stereocenters. The lowest BCUT2D eigenvalue weighted by molar-refractivity contribution is -0.115. The van der Waals surface area contributed by atoms with Crippen molar-refractivity contribution in [1.29, 1.82) is 5.26 Å². The van der Waals surface area contributed by atoms with E-state index < -0.39 is 0 Å². The Bertz CT molecular complexity index is 1050. The number of para-hydroxylation sites is 1. The van der Waals surface area contributed by atoms with Crippen molar-refractivity contribution in [3.63, 3.8) is 0 Å². The van der Waals surface area contributed by atoms with E-state index in [1.165, 1.54) is 11.8 Å². The van der Waals surface area contributed by atoms with Crippen LogP contribution in [0.25, 0.3) is 16.7 Å². The summed E-state index contributed by atoms with van der Waals surface area (Å²) in [6.45, 7) is 0. The maximum absolute atomic E-state index is 12.4. The topological polar surface area (TPSA) is 74.8 Å². The van der Waals surface area contributed by atoms with Crippen LogP contribution in [0.1, 0.15) is 5.82 Å². The van der Waals surface area contributed by atoms with Gasteiger partial charge in [-0.25, -0.2) is 9.97 Å². The molecule has 0 N–H and O–H groups in total. The van der Waals surface area contributed by atoms with Gasteiger partial charge in [0.05, 0.1) is 5.75 Å². The van der Waals surface area contributed by atoms with Gasteiger partial charge in [-0.3, -0.25) is 9.69 Å². The van der Waals surface area contributed by atoms with Crippen LogP contribution in [0.2, 0.25) is 0 Å². The summed E-state index contributed by atoms with van der Waals surface area (Å²) in [5.74, 6) is 0.766. The van der Waals surface area contributed by atoms with Crippen LogP contribution >= 0.6 is 11.8 Å². The lowest BCUT2D eigenvalue weighted by Crippen LogP contribution is -2.24. The molecule has 3 aromatic rings. The Labute approximate surface area is 148 Å². The number of allylic oxidation sites excluding steroid dienone is 1. The number of nitriles is 1. The SMILES string of the molecule is Cn1c(/C(C#N)=C2/SCC(=O)N2c2ccccc2)nc2cccnc21. The molecule has 4 rings (SSSR count). The van der Waals surface area contributed by atoms with Crippen LogP contribution in [0.3, 0.4) is 0 Å². The van der Waals surface area contributed by atoms with Crippen LogP contribution in [0.15, 0.2) is 53.7 Å². The summed E-state index contributed by atoms with van der Waals surface area (Å²) < 4.78 is 1.79. The zero-order valence-electron chi connectivity index (χ0n) is 13.4. The Hall–Kier alpha value is -3.11. The predicted molar refractivity (Wildman–Crippen MR) is 97.4 cm³/mol. The van der Waals surface area contributed by atoms with E-state index in [9.17, 15) is 10.1 Å². The molecule has 1 aromatic carbocycles. The molecule has 3 heterocycles. The van der Waals surface area contributed by atoms with Crippen molar-refractivity contribution in [2.45, 2.75) is 0 Å². The Morgan fingerprint density at radius 3 is 2.76 bits per heavy atom. The molecule has 1 aliphatic rings. The van der Waals surface area contributed by atoms with Crippen molar-refractivity contribution >= 4 is 40.1 Å². The number of carbonyl (C=O) groups is 1. The molecule has 1 aliphatic heterocycles. The molecule has 2 aromatic heterocycles. The molecule has 0 radical (unpaired) electrons. The van der Waals surface area contributed by atoms with Crippen LogP contribution in [0.5, 0.6) is 0 Å². The average molecular weight is 347 g/mol. The van der Waals surface area contributed by atoms with Crippen molar-refractivity contribution in [3.8, 4) is 6.07 Å². The first-order chi connectivity index (χ1) is 12.2. The number of hydrogen-bond donors (Lipinski definition) is 0. The largest absolute Gasteiger partial charge is 0.311 e. The Morgan fingerprint density at radius 1 is 1.24 bits per heavy atom. The molecule has 0 bridgehead atoms. The minimum Gasteiger partial charge on any atom is -0.311 e. The lowest BCUT2D eigenvalue weighted by atomic mass is 10.2. The van der Waals surface area contributed by atoms with Gasteiger partial charge in [-0.2, -0.15) is 5.26 Å². The van der Waals surface area contributed by atoms with Crippen LogP contribution in [-0.4, -0.2) is 26.2 Å². The quantitative estimate of drug-likeness (QED) is 0.666. The summed E-state index contributed by atoms with van der Waals surface area (Å²) in [4.78, 5) is 22.9. The highest BCUT2D eigenvalue weighted by atomic mass is 32.2.